The summed E-state index contributed by atoms with van der Waals surface area (Å²) in [5.74, 6) is 0.0699. The van der Waals surface area contributed by atoms with Crippen LogP contribution in [0.15, 0.2) is 29.2 Å². The van der Waals surface area contributed by atoms with E-state index in [2.05, 4.69) is 0 Å². The molecule has 0 saturated carbocycles. The highest BCUT2D eigenvalue weighted by molar-refractivity contribution is 8.00. The molecular formula is C16H21NO3S. The molecule has 2 rings (SSSR count). The van der Waals surface area contributed by atoms with E-state index in [1.807, 2.05) is 31.2 Å². The highest BCUT2D eigenvalue weighted by Gasteiger charge is 2.32. The number of piperidine rings is 1. The van der Waals surface area contributed by atoms with E-state index in [-0.39, 0.29) is 11.9 Å². The minimum absolute atomic E-state index is 0.0124. The topological polar surface area (TPSA) is 46.6 Å². The second kappa shape index (κ2) is 7.50. The Labute approximate surface area is 129 Å². The van der Waals surface area contributed by atoms with E-state index in [9.17, 15) is 9.59 Å². The van der Waals surface area contributed by atoms with Gasteiger partial charge in [0.05, 0.1) is 12.9 Å². The van der Waals surface area contributed by atoms with Crippen LogP contribution in [0.25, 0.3) is 0 Å². The molecule has 0 spiro atoms. The molecule has 0 radical (unpaired) electrons. The zero-order chi connectivity index (χ0) is 15.2. The van der Waals surface area contributed by atoms with Crippen LogP contribution in [0.1, 0.15) is 24.8 Å². The van der Waals surface area contributed by atoms with Crippen molar-refractivity contribution in [1.29, 1.82) is 0 Å². The van der Waals surface area contributed by atoms with E-state index in [1.54, 1.807) is 4.90 Å². The van der Waals surface area contributed by atoms with Gasteiger partial charge in [0.2, 0.25) is 5.91 Å². The zero-order valence-corrected chi connectivity index (χ0v) is 13.3. The molecule has 1 aliphatic rings. The lowest BCUT2D eigenvalue weighted by molar-refractivity contribution is -0.153. The molecule has 0 bridgehead atoms. The van der Waals surface area contributed by atoms with Crippen LogP contribution in [0.4, 0.5) is 0 Å². The van der Waals surface area contributed by atoms with Gasteiger partial charge in [0.25, 0.3) is 0 Å². The minimum atomic E-state index is -0.409. The van der Waals surface area contributed by atoms with Crippen molar-refractivity contribution in [3.05, 3.63) is 29.8 Å². The summed E-state index contributed by atoms with van der Waals surface area (Å²) in [6.45, 7) is 2.68. The minimum Gasteiger partial charge on any atom is -0.467 e. The first-order valence-corrected chi connectivity index (χ1v) is 8.17. The number of amides is 1. The highest BCUT2D eigenvalue weighted by Crippen LogP contribution is 2.24. The molecule has 4 nitrogen and oxygen atoms in total. The standard InChI is InChI=1S/C16H21NO3S/c1-12-7-3-4-9-14(12)21-11-15(18)17-10-6-5-8-13(17)16(19)20-2/h3-4,7,9,13H,5-6,8,10-11H2,1-2H3/t13-/m1/s1. The molecular weight excluding hydrogens is 286 g/mol. The predicted molar refractivity (Wildman–Crippen MR) is 83.3 cm³/mol. The average Bonchev–Trinajstić information content (AvgIpc) is 2.53. The number of benzene rings is 1. The van der Waals surface area contributed by atoms with E-state index in [1.165, 1.54) is 24.4 Å². The van der Waals surface area contributed by atoms with E-state index < -0.39 is 6.04 Å². The van der Waals surface area contributed by atoms with Crippen LogP contribution in [-0.4, -0.2) is 42.2 Å². The van der Waals surface area contributed by atoms with Gasteiger partial charge in [-0.05, 0) is 37.8 Å². The lowest BCUT2D eigenvalue weighted by Gasteiger charge is -2.33. The summed E-state index contributed by atoms with van der Waals surface area (Å²) in [7, 11) is 1.38. The molecule has 5 heteroatoms. The molecule has 0 aliphatic carbocycles. The van der Waals surface area contributed by atoms with Gasteiger partial charge in [-0.2, -0.15) is 0 Å². The van der Waals surface area contributed by atoms with Gasteiger partial charge >= 0.3 is 5.97 Å². The van der Waals surface area contributed by atoms with Crippen LogP contribution in [0.5, 0.6) is 0 Å². The monoisotopic (exact) mass is 307 g/mol. The van der Waals surface area contributed by atoms with Crippen LogP contribution in [-0.2, 0) is 14.3 Å². The van der Waals surface area contributed by atoms with E-state index >= 15 is 0 Å². The Morgan fingerprint density at radius 2 is 2.10 bits per heavy atom. The maximum absolute atomic E-state index is 12.4. The number of methoxy groups -OCH3 is 1. The molecule has 1 aromatic rings. The fourth-order valence-electron chi connectivity index (χ4n) is 2.55. The van der Waals surface area contributed by atoms with Crippen molar-refractivity contribution >= 4 is 23.6 Å². The molecule has 0 unspecified atom stereocenters. The summed E-state index contributed by atoms with van der Waals surface area (Å²) in [6, 6.07) is 7.59. The third kappa shape index (κ3) is 4.00. The van der Waals surface area contributed by atoms with E-state index in [4.69, 9.17) is 4.74 Å². The number of nitrogens with zero attached hydrogens (tertiary/aromatic N) is 1. The number of esters is 1. The number of aryl methyl sites for hydroxylation is 1. The van der Waals surface area contributed by atoms with Crippen molar-refractivity contribution in [3.63, 3.8) is 0 Å². The summed E-state index contributed by atoms with van der Waals surface area (Å²) >= 11 is 1.53. The van der Waals surface area contributed by atoms with Gasteiger partial charge in [0, 0.05) is 11.4 Å². The van der Waals surface area contributed by atoms with Crippen molar-refractivity contribution in [2.24, 2.45) is 0 Å². The molecule has 1 heterocycles. The number of carbonyl (C=O) groups excluding carboxylic acids is 2. The Morgan fingerprint density at radius 3 is 2.81 bits per heavy atom. The Bertz CT molecular complexity index is 518. The van der Waals surface area contributed by atoms with Gasteiger partial charge < -0.3 is 9.64 Å². The molecule has 1 amide bonds. The van der Waals surface area contributed by atoms with Crippen LogP contribution in [0, 0.1) is 6.92 Å². The van der Waals surface area contributed by atoms with Crippen molar-refractivity contribution in [3.8, 4) is 0 Å². The smallest absolute Gasteiger partial charge is 0.328 e. The van der Waals surface area contributed by atoms with Crippen LogP contribution < -0.4 is 0 Å². The summed E-state index contributed by atoms with van der Waals surface area (Å²) < 4.78 is 4.81. The van der Waals surface area contributed by atoms with Gasteiger partial charge in [-0.3, -0.25) is 4.79 Å². The summed E-state index contributed by atoms with van der Waals surface area (Å²) in [5, 5.41) is 0. The highest BCUT2D eigenvalue weighted by atomic mass is 32.2. The molecule has 0 aromatic heterocycles. The van der Waals surface area contributed by atoms with Gasteiger partial charge in [-0.25, -0.2) is 4.79 Å². The third-order valence-corrected chi connectivity index (χ3v) is 4.90. The van der Waals surface area contributed by atoms with Gasteiger partial charge in [0.15, 0.2) is 0 Å². The SMILES string of the molecule is COC(=O)[C@H]1CCCCN1C(=O)CSc1ccccc1C. The fraction of sp³-hybridized carbons (Fsp3) is 0.500. The molecule has 0 N–H and O–H groups in total. The van der Waals surface area contributed by atoms with Crippen LogP contribution in [0.2, 0.25) is 0 Å². The Kier molecular flexibility index (Phi) is 5.67. The number of hydrogen-bond acceptors (Lipinski definition) is 4. The van der Waals surface area contributed by atoms with Crippen molar-refractivity contribution < 1.29 is 14.3 Å². The largest absolute Gasteiger partial charge is 0.467 e. The van der Waals surface area contributed by atoms with Crippen LogP contribution in [0.3, 0.4) is 0 Å². The molecule has 1 aliphatic heterocycles. The van der Waals surface area contributed by atoms with E-state index in [0.29, 0.717) is 18.7 Å². The second-order valence-electron chi connectivity index (χ2n) is 5.18. The lowest BCUT2D eigenvalue weighted by Crippen LogP contribution is -2.49. The molecule has 1 aromatic carbocycles. The lowest BCUT2D eigenvalue weighted by atomic mass is 10.0. The average molecular weight is 307 g/mol. The second-order valence-corrected chi connectivity index (χ2v) is 6.19. The number of likely N-dealkylation sites (tertiary alicyclic amines) is 1. The molecule has 21 heavy (non-hydrogen) atoms. The number of rotatable bonds is 4. The Balaban J connectivity index is 1.98. The summed E-state index contributed by atoms with van der Waals surface area (Å²) in [4.78, 5) is 27.0. The predicted octanol–water partition coefficient (Wildman–Crippen LogP) is 2.64. The first-order chi connectivity index (χ1) is 10.1. The van der Waals surface area contributed by atoms with Crippen LogP contribution >= 0.6 is 11.8 Å². The normalized spacial score (nSPS) is 18.4. The van der Waals surface area contributed by atoms with Gasteiger partial charge in [-0.1, -0.05) is 18.2 Å². The molecule has 114 valence electrons. The van der Waals surface area contributed by atoms with Gasteiger partial charge in [-0.15, -0.1) is 11.8 Å². The van der Waals surface area contributed by atoms with Crippen molar-refractivity contribution in [2.45, 2.75) is 37.1 Å². The third-order valence-electron chi connectivity index (χ3n) is 3.74. The fourth-order valence-corrected chi connectivity index (χ4v) is 3.47. The first kappa shape index (κ1) is 15.9. The first-order valence-electron chi connectivity index (χ1n) is 7.19. The number of carbonyl (C=O) groups is 2. The molecule has 1 fully saturated rings. The molecule has 1 saturated heterocycles. The van der Waals surface area contributed by atoms with E-state index in [0.717, 1.165) is 17.7 Å². The van der Waals surface area contributed by atoms with Crippen molar-refractivity contribution in [1.82, 2.24) is 4.90 Å². The summed E-state index contributed by atoms with van der Waals surface area (Å²) in [5.41, 5.74) is 1.17. The number of ether oxygens (including phenoxy) is 1. The van der Waals surface area contributed by atoms with Gasteiger partial charge in [0.1, 0.15) is 6.04 Å². The number of hydrogen-bond donors (Lipinski definition) is 0. The summed E-state index contributed by atoms with van der Waals surface area (Å²) in [6.07, 6.45) is 2.62. The Morgan fingerprint density at radius 1 is 1.33 bits per heavy atom. The quantitative estimate of drug-likeness (QED) is 0.634. The molecule has 1 atom stereocenters. The zero-order valence-electron chi connectivity index (χ0n) is 12.5. The van der Waals surface area contributed by atoms with Crippen molar-refractivity contribution in [2.75, 3.05) is 19.4 Å². The Hall–Kier alpha value is -1.49. The number of thioether (sulfide) groups is 1. The maximum atomic E-state index is 12.4. The maximum Gasteiger partial charge on any atom is 0.328 e.